The van der Waals surface area contributed by atoms with Gasteiger partial charge < -0.3 is 76.4 Å². The molecule has 0 saturated carbocycles. The minimum Gasteiger partial charge on any atom is -0.480 e. The molecule has 354 valence electrons. The first-order valence-corrected chi connectivity index (χ1v) is 20.8. The van der Waals surface area contributed by atoms with Gasteiger partial charge in [-0.25, -0.2) is 9.78 Å². The number of aromatic nitrogens is 2. The van der Waals surface area contributed by atoms with E-state index in [9.17, 15) is 43.5 Å². The molecular weight excluding hydrogens is 825 g/mol. The fourth-order valence-corrected chi connectivity index (χ4v) is 5.93. The minimum absolute atomic E-state index is 0.0429. The van der Waals surface area contributed by atoms with E-state index < -0.39 is 101 Å². The van der Waals surface area contributed by atoms with Gasteiger partial charge in [0.2, 0.25) is 41.4 Å². The average Bonchev–Trinajstić information content (AvgIpc) is 3.74. The third-order valence-electron chi connectivity index (χ3n) is 10.1. The van der Waals surface area contributed by atoms with Crippen LogP contribution < -0.4 is 66.3 Å². The van der Waals surface area contributed by atoms with Gasteiger partial charge in [0.25, 0.3) is 0 Å². The van der Waals surface area contributed by atoms with Crippen molar-refractivity contribution in [2.24, 2.45) is 56.2 Å². The largest absolute Gasteiger partial charge is 0.480 e. The van der Waals surface area contributed by atoms with Gasteiger partial charge in [-0.1, -0.05) is 40.5 Å². The summed E-state index contributed by atoms with van der Waals surface area (Å²) in [6.07, 6.45) is 3.13. The summed E-state index contributed by atoms with van der Waals surface area (Å²) in [5, 5.41) is 25.4. The summed E-state index contributed by atoms with van der Waals surface area (Å²) in [7, 11) is 0. The molecule has 0 unspecified atom stereocenters. The minimum atomic E-state index is -1.46. The third kappa shape index (κ3) is 20.7. The molecule has 0 fully saturated rings. The van der Waals surface area contributed by atoms with Crippen LogP contribution in [0, 0.1) is 11.8 Å². The van der Waals surface area contributed by atoms with E-state index in [0.29, 0.717) is 18.5 Å². The van der Waals surface area contributed by atoms with Crippen LogP contribution in [0.25, 0.3) is 0 Å². The molecule has 0 aliphatic carbocycles. The van der Waals surface area contributed by atoms with Crippen molar-refractivity contribution in [2.75, 3.05) is 13.1 Å². The molecule has 1 rings (SSSR count). The first kappa shape index (κ1) is 54.5. The third-order valence-corrected chi connectivity index (χ3v) is 10.1. The zero-order valence-corrected chi connectivity index (χ0v) is 36.6. The van der Waals surface area contributed by atoms with E-state index in [2.05, 4.69) is 51.9 Å². The topological polar surface area (TPSA) is 438 Å². The Kier molecular flexibility index (Phi) is 24.3. The number of aliphatic carboxylic acids is 1. The smallest absolute Gasteiger partial charge is 0.326 e. The van der Waals surface area contributed by atoms with E-state index in [1.54, 1.807) is 27.7 Å². The van der Waals surface area contributed by atoms with Crippen molar-refractivity contribution in [3.8, 4) is 0 Å². The van der Waals surface area contributed by atoms with E-state index in [1.807, 2.05) is 0 Å². The van der Waals surface area contributed by atoms with Crippen LogP contribution >= 0.6 is 0 Å². The van der Waals surface area contributed by atoms with Crippen molar-refractivity contribution in [3.05, 3.63) is 18.2 Å². The normalized spacial score (nSPS) is 15.2. The van der Waals surface area contributed by atoms with Crippen LogP contribution in [0.1, 0.15) is 91.7 Å². The molecule has 0 aromatic carbocycles. The second-order valence-electron chi connectivity index (χ2n) is 15.3. The van der Waals surface area contributed by atoms with Crippen LogP contribution in [0.2, 0.25) is 0 Å². The summed E-state index contributed by atoms with van der Waals surface area (Å²) >= 11 is 0. The number of nitrogens with zero attached hydrogens (tertiary/aromatic N) is 3. The summed E-state index contributed by atoms with van der Waals surface area (Å²) in [5.41, 5.74) is 33.3. The van der Waals surface area contributed by atoms with E-state index in [4.69, 9.17) is 34.4 Å². The molecular formula is C38H68N16O9. The number of primary amides is 1. The maximum Gasteiger partial charge on any atom is 0.326 e. The summed E-state index contributed by atoms with van der Waals surface area (Å²) < 4.78 is 0. The molecule has 0 aliphatic rings. The van der Waals surface area contributed by atoms with Gasteiger partial charge in [0.1, 0.15) is 36.3 Å². The zero-order valence-electron chi connectivity index (χ0n) is 36.6. The van der Waals surface area contributed by atoms with Gasteiger partial charge in [-0.15, -0.1) is 0 Å². The lowest BCUT2D eigenvalue weighted by Crippen LogP contribution is -2.61. The van der Waals surface area contributed by atoms with Crippen LogP contribution in [0.5, 0.6) is 0 Å². The van der Waals surface area contributed by atoms with Gasteiger partial charge in [-0.3, -0.25) is 43.5 Å². The number of aromatic amines is 1. The number of rotatable bonds is 30. The molecule has 0 saturated heterocycles. The van der Waals surface area contributed by atoms with E-state index in [1.165, 1.54) is 19.4 Å². The van der Waals surface area contributed by atoms with Crippen LogP contribution in [0.15, 0.2) is 22.5 Å². The number of hydrogen-bond donors (Lipinski definition) is 14. The van der Waals surface area contributed by atoms with Gasteiger partial charge in [-0.05, 0) is 50.9 Å². The number of carbonyl (C=O) groups is 8. The Bertz CT molecular complexity index is 1730. The van der Waals surface area contributed by atoms with Crippen molar-refractivity contribution >= 4 is 59.2 Å². The monoisotopic (exact) mass is 893 g/mol. The Morgan fingerprint density at radius 3 is 1.41 bits per heavy atom. The number of carboxylic acid groups (broad SMARTS) is 1. The van der Waals surface area contributed by atoms with Gasteiger partial charge in [0.05, 0.1) is 12.4 Å². The lowest BCUT2D eigenvalue weighted by Gasteiger charge is -2.30. The van der Waals surface area contributed by atoms with E-state index in [0.717, 1.165) is 0 Å². The number of hydrogen-bond acceptors (Lipinski definition) is 12. The quantitative estimate of drug-likeness (QED) is 0.0198. The van der Waals surface area contributed by atoms with Gasteiger partial charge in [0, 0.05) is 37.8 Å². The molecule has 25 heteroatoms. The van der Waals surface area contributed by atoms with Crippen LogP contribution in [-0.2, 0) is 44.8 Å². The fourth-order valence-electron chi connectivity index (χ4n) is 5.93. The molecule has 0 bridgehead atoms. The Hall–Kier alpha value is -6.53. The molecule has 1 aromatic heterocycles. The molecule has 1 aromatic rings. The SMILES string of the molecule is CC[C@H](C)[C@H](NC(=O)[C@H](CCCN=C(N)N)NC(=O)[C@@H](NC(=O)[C@H](CCCN=C(N)N)NC(=O)[C@H](C)N)[C@@H](C)CC)C(=O)N[C@@H](CCC(N)=O)C(=O)N[C@@H](Cc1cnc[nH]1)C(=O)O. The molecule has 25 nitrogen and oxygen atoms in total. The van der Waals surface area contributed by atoms with Crippen molar-refractivity contribution in [1.29, 1.82) is 0 Å². The second kappa shape index (κ2) is 28.1. The fraction of sp³-hybridized carbons (Fsp3) is 0.658. The first-order valence-electron chi connectivity index (χ1n) is 20.8. The van der Waals surface area contributed by atoms with E-state index >= 15 is 0 Å². The predicted octanol–water partition coefficient (Wildman–Crippen LogP) is -4.24. The lowest BCUT2D eigenvalue weighted by molar-refractivity contribution is -0.142. The molecule has 9 atom stereocenters. The number of nitrogens with two attached hydrogens (primary N) is 6. The summed E-state index contributed by atoms with van der Waals surface area (Å²) in [5.74, 6) is -8.26. The zero-order chi connectivity index (χ0) is 47.8. The number of aliphatic imine (C=N–C) groups is 2. The molecule has 0 aliphatic heterocycles. The highest BCUT2D eigenvalue weighted by Crippen LogP contribution is 2.14. The number of carboxylic acids is 1. The van der Waals surface area contributed by atoms with Crippen molar-refractivity contribution in [1.82, 2.24) is 41.9 Å². The molecule has 1 heterocycles. The first-order chi connectivity index (χ1) is 29.6. The summed E-state index contributed by atoms with van der Waals surface area (Å²) in [4.78, 5) is 120. The Morgan fingerprint density at radius 1 is 0.635 bits per heavy atom. The van der Waals surface area contributed by atoms with Crippen LogP contribution in [0.3, 0.4) is 0 Å². The Labute approximate surface area is 366 Å². The number of H-pyrrole nitrogens is 1. The average molecular weight is 893 g/mol. The standard InChI is InChI=1S/C38H68N16O9/c1-6-19(3)28(53-32(58)23(49-30(56)21(5)39)10-8-14-46-37(41)42)34(60)50-24(11-9-15-47-38(43)44)33(59)54-29(20(4)7-2)35(61)51-25(12-13-27(40)55)31(57)52-26(36(62)63)16-22-17-45-18-48-22/h17-21,23-26,28-29H,6-16,39H2,1-5H3,(H2,40,55)(H,45,48)(H,49,56)(H,50,60)(H,51,61)(H,52,57)(H,53,58)(H,54,59)(H,62,63)(H4,41,42,46)(H4,43,44,47)/t19-,20-,21-,23-,24-,25-,26-,28-,29-/m0/s1. The maximum absolute atomic E-state index is 14.1. The number of guanidine groups is 2. The van der Waals surface area contributed by atoms with Crippen molar-refractivity contribution < 1.29 is 43.5 Å². The molecule has 63 heavy (non-hydrogen) atoms. The van der Waals surface area contributed by atoms with Gasteiger partial charge in [0.15, 0.2) is 11.9 Å². The van der Waals surface area contributed by atoms with Crippen LogP contribution in [0.4, 0.5) is 0 Å². The molecule has 7 amide bonds. The second-order valence-corrected chi connectivity index (χ2v) is 15.3. The number of nitrogens with one attached hydrogen (secondary N) is 7. The molecule has 0 radical (unpaired) electrons. The van der Waals surface area contributed by atoms with E-state index in [-0.39, 0.29) is 70.0 Å². The predicted molar refractivity (Wildman–Crippen MR) is 232 cm³/mol. The number of imidazole rings is 1. The highest BCUT2D eigenvalue weighted by Gasteiger charge is 2.36. The number of carbonyl (C=O) groups excluding carboxylic acids is 7. The summed E-state index contributed by atoms with van der Waals surface area (Å²) in [6, 6.07) is -8.85. The Morgan fingerprint density at radius 2 is 1.05 bits per heavy atom. The van der Waals surface area contributed by atoms with Crippen molar-refractivity contribution in [3.63, 3.8) is 0 Å². The molecule has 20 N–H and O–H groups in total. The van der Waals surface area contributed by atoms with Crippen molar-refractivity contribution in [2.45, 2.75) is 135 Å². The lowest BCUT2D eigenvalue weighted by atomic mass is 9.95. The summed E-state index contributed by atoms with van der Waals surface area (Å²) in [6.45, 7) is 8.56. The van der Waals surface area contributed by atoms with Crippen LogP contribution in [-0.4, -0.2) is 130 Å². The maximum atomic E-state index is 14.1. The molecule has 0 spiro atoms. The van der Waals surface area contributed by atoms with Gasteiger partial charge >= 0.3 is 5.97 Å². The van der Waals surface area contributed by atoms with Gasteiger partial charge in [-0.2, -0.15) is 0 Å². The Balaban J connectivity index is 3.46. The highest BCUT2D eigenvalue weighted by atomic mass is 16.4. The number of amides is 7. The highest BCUT2D eigenvalue weighted by molar-refractivity contribution is 5.97.